The van der Waals surface area contributed by atoms with Crippen LogP contribution in [0.3, 0.4) is 0 Å². The normalized spacial score (nSPS) is 12.2. The second-order valence-electron chi connectivity index (χ2n) is 3.48. The van der Waals surface area contributed by atoms with E-state index in [1.807, 2.05) is 6.92 Å². The van der Waals surface area contributed by atoms with Gasteiger partial charge in [0.15, 0.2) is 0 Å². The van der Waals surface area contributed by atoms with Crippen LogP contribution in [0.15, 0.2) is 18.2 Å². The highest BCUT2D eigenvalue weighted by Crippen LogP contribution is 2.21. The molecule has 0 aromatic heterocycles. The van der Waals surface area contributed by atoms with Crippen LogP contribution in [0.1, 0.15) is 23.7 Å². The highest BCUT2D eigenvalue weighted by molar-refractivity contribution is 6.33. The average Bonchev–Trinajstić information content (AvgIpc) is 2.28. The first-order valence-corrected chi connectivity index (χ1v) is 5.45. The summed E-state index contributed by atoms with van der Waals surface area (Å²) in [7, 11) is 0. The van der Waals surface area contributed by atoms with Crippen molar-refractivity contribution >= 4 is 17.5 Å². The van der Waals surface area contributed by atoms with Crippen LogP contribution in [0.4, 0.5) is 0 Å². The molecule has 1 atom stereocenters. The monoisotopic (exact) mass is 242 g/mol. The zero-order valence-electron chi connectivity index (χ0n) is 9.03. The highest BCUT2D eigenvalue weighted by Gasteiger charge is 2.14. The van der Waals surface area contributed by atoms with E-state index >= 15 is 0 Å². The summed E-state index contributed by atoms with van der Waals surface area (Å²) in [5.74, 6) is -0.312. The summed E-state index contributed by atoms with van der Waals surface area (Å²) in [6, 6.07) is 4.17. The lowest BCUT2D eigenvalue weighted by molar-refractivity contribution is 0.0937. The molecule has 0 bridgehead atoms. The van der Waals surface area contributed by atoms with Crippen molar-refractivity contribution in [2.75, 3.05) is 6.54 Å². The van der Waals surface area contributed by atoms with Crippen molar-refractivity contribution < 1.29 is 9.90 Å². The molecular formula is C11H15ClN2O2. The van der Waals surface area contributed by atoms with Gasteiger partial charge in [-0.05, 0) is 24.6 Å². The molecule has 1 rings (SSSR count). The van der Waals surface area contributed by atoms with Gasteiger partial charge in [0.05, 0.1) is 10.6 Å². The third-order valence-electron chi connectivity index (χ3n) is 2.31. The fourth-order valence-electron chi connectivity index (χ4n) is 1.28. The van der Waals surface area contributed by atoms with E-state index in [1.54, 1.807) is 0 Å². The van der Waals surface area contributed by atoms with Crippen molar-refractivity contribution in [2.45, 2.75) is 19.4 Å². The molecule has 88 valence electrons. The van der Waals surface area contributed by atoms with Crippen LogP contribution in [0.5, 0.6) is 5.75 Å². The van der Waals surface area contributed by atoms with Crippen LogP contribution in [0.25, 0.3) is 0 Å². The highest BCUT2D eigenvalue weighted by atomic mass is 35.5. The zero-order valence-corrected chi connectivity index (χ0v) is 9.79. The number of benzene rings is 1. The van der Waals surface area contributed by atoms with E-state index in [-0.39, 0.29) is 23.3 Å². The largest absolute Gasteiger partial charge is 0.508 e. The van der Waals surface area contributed by atoms with Crippen LogP contribution in [-0.2, 0) is 0 Å². The molecule has 4 nitrogen and oxygen atoms in total. The van der Waals surface area contributed by atoms with E-state index in [0.717, 1.165) is 6.42 Å². The van der Waals surface area contributed by atoms with Crippen LogP contribution in [0, 0.1) is 0 Å². The molecule has 0 saturated carbocycles. The van der Waals surface area contributed by atoms with Gasteiger partial charge in [0.25, 0.3) is 5.91 Å². The first-order valence-electron chi connectivity index (χ1n) is 5.08. The summed E-state index contributed by atoms with van der Waals surface area (Å²) in [5, 5.41) is 12.3. The molecule has 4 N–H and O–H groups in total. The lowest BCUT2D eigenvalue weighted by Crippen LogP contribution is -2.39. The molecule has 5 heteroatoms. The van der Waals surface area contributed by atoms with Crippen molar-refractivity contribution in [3.05, 3.63) is 28.8 Å². The van der Waals surface area contributed by atoms with E-state index in [9.17, 15) is 9.90 Å². The number of halogens is 1. The van der Waals surface area contributed by atoms with Crippen LogP contribution < -0.4 is 11.1 Å². The number of hydrogen-bond donors (Lipinski definition) is 3. The van der Waals surface area contributed by atoms with Crippen LogP contribution >= 0.6 is 11.6 Å². The number of nitrogens with one attached hydrogen (secondary N) is 1. The Morgan fingerprint density at radius 1 is 1.62 bits per heavy atom. The Bertz CT molecular complexity index is 378. The third-order valence-corrected chi connectivity index (χ3v) is 2.64. The van der Waals surface area contributed by atoms with Gasteiger partial charge < -0.3 is 16.2 Å². The molecule has 0 aliphatic heterocycles. The maximum Gasteiger partial charge on any atom is 0.253 e. The molecule has 0 saturated heterocycles. The smallest absolute Gasteiger partial charge is 0.253 e. The second-order valence-corrected chi connectivity index (χ2v) is 3.89. The van der Waals surface area contributed by atoms with E-state index in [0.29, 0.717) is 11.6 Å². The van der Waals surface area contributed by atoms with E-state index in [2.05, 4.69) is 5.32 Å². The number of nitrogens with two attached hydrogens (primary N) is 1. The molecule has 1 aromatic rings. The number of carbonyl (C=O) groups excluding carboxylic acids is 1. The van der Waals surface area contributed by atoms with E-state index in [1.165, 1.54) is 18.2 Å². The summed E-state index contributed by atoms with van der Waals surface area (Å²) >= 11 is 5.86. The quantitative estimate of drug-likeness (QED) is 0.749. The molecule has 0 aliphatic carbocycles. The lowest BCUT2D eigenvalue weighted by Gasteiger charge is -2.15. The van der Waals surface area contributed by atoms with E-state index < -0.39 is 0 Å². The molecule has 16 heavy (non-hydrogen) atoms. The standard InChI is InChI=1S/C11H15ClN2O2/c1-2-7(6-13)14-11(16)9-5-8(15)3-4-10(9)12/h3-5,7,15H,2,6,13H2,1H3,(H,14,16). The molecule has 0 radical (unpaired) electrons. The van der Waals surface area contributed by atoms with Crippen LogP contribution in [-0.4, -0.2) is 23.6 Å². The molecule has 1 amide bonds. The van der Waals surface area contributed by atoms with Gasteiger partial charge in [-0.25, -0.2) is 0 Å². The summed E-state index contributed by atoms with van der Waals surface area (Å²) < 4.78 is 0. The van der Waals surface area contributed by atoms with Gasteiger partial charge in [0.2, 0.25) is 0 Å². The minimum absolute atomic E-state index is 0.00958. The first-order chi connectivity index (χ1) is 7.58. The summed E-state index contributed by atoms with van der Waals surface area (Å²) in [6.45, 7) is 2.31. The molecule has 0 spiro atoms. The molecule has 1 aromatic carbocycles. The van der Waals surface area contributed by atoms with Gasteiger partial charge in [-0.15, -0.1) is 0 Å². The summed E-state index contributed by atoms with van der Waals surface area (Å²) in [4.78, 5) is 11.8. The van der Waals surface area contributed by atoms with Gasteiger partial charge in [0.1, 0.15) is 5.75 Å². The zero-order chi connectivity index (χ0) is 12.1. The first kappa shape index (κ1) is 12.8. The number of hydrogen-bond acceptors (Lipinski definition) is 3. The maximum atomic E-state index is 11.8. The fraction of sp³-hybridized carbons (Fsp3) is 0.364. The molecular weight excluding hydrogens is 228 g/mol. The van der Waals surface area contributed by atoms with Crippen molar-refractivity contribution in [3.8, 4) is 5.75 Å². The number of rotatable bonds is 4. The molecule has 1 unspecified atom stereocenters. The fourth-order valence-corrected chi connectivity index (χ4v) is 1.48. The Balaban J connectivity index is 2.83. The summed E-state index contributed by atoms with van der Waals surface area (Å²) in [6.07, 6.45) is 0.749. The SMILES string of the molecule is CCC(CN)NC(=O)c1cc(O)ccc1Cl. The molecule has 0 heterocycles. The number of aromatic hydroxyl groups is 1. The Morgan fingerprint density at radius 3 is 2.88 bits per heavy atom. The Hall–Kier alpha value is -1.26. The maximum absolute atomic E-state index is 11.8. The van der Waals surface area contributed by atoms with Gasteiger partial charge in [0, 0.05) is 12.6 Å². The number of amides is 1. The number of phenols is 1. The Labute approximate surface area is 99.4 Å². The predicted octanol–water partition coefficient (Wildman–Crippen LogP) is 1.51. The average molecular weight is 243 g/mol. The second kappa shape index (κ2) is 5.72. The van der Waals surface area contributed by atoms with Crippen molar-refractivity contribution in [1.29, 1.82) is 0 Å². The summed E-state index contributed by atoms with van der Waals surface area (Å²) in [5.41, 5.74) is 5.74. The lowest BCUT2D eigenvalue weighted by atomic mass is 10.1. The molecule has 0 aliphatic rings. The van der Waals surface area contributed by atoms with Gasteiger partial charge in [-0.3, -0.25) is 4.79 Å². The van der Waals surface area contributed by atoms with Gasteiger partial charge >= 0.3 is 0 Å². The van der Waals surface area contributed by atoms with Gasteiger partial charge in [-0.2, -0.15) is 0 Å². The van der Waals surface area contributed by atoms with Crippen LogP contribution in [0.2, 0.25) is 5.02 Å². The van der Waals surface area contributed by atoms with Crippen molar-refractivity contribution in [3.63, 3.8) is 0 Å². The third kappa shape index (κ3) is 3.12. The minimum Gasteiger partial charge on any atom is -0.508 e. The Morgan fingerprint density at radius 2 is 2.31 bits per heavy atom. The molecule has 0 fully saturated rings. The topological polar surface area (TPSA) is 75.3 Å². The van der Waals surface area contributed by atoms with Crippen molar-refractivity contribution in [2.24, 2.45) is 5.73 Å². The van der Waals surface area contributed by atoms with E-state index in [4.69, 9.17) is 17.3 Å². The number of carbonyl (C=O) groups is 1. The number of phenolic OH excluding ortho intramolecular Hbond substituents is 1. The minimum atomic E-state index is -0.321. The van der Waals surface area contributed by atoms with Crippen molar-refractivity contribution in [1.82, 2.24) is 5.32 Å². The Kier molecular flexibility index (Phi) is 4.58. The predicted molar refractivity (Wildman–Crippen MR) is 63.7 cm³/mol. The van der Waals surface area contributed by atoms with Gasteiger partial charge in [-0.1, -0.05) is 18.5 Å².